The minimum Gasteiger partial charge on any atom is -0.348 e. The van der Waals surface area contributed by atoms with Crippen molar-refractivity contribution in [3.05, 3.63) is 40.3 Å². The van der Waals surface area contributed by atoms with E-state index in [0.717, 1.165) is 79.3 Å². The Labute approximate surface area is 205 Å². The van der Waals surface area contributed by atoms with Gasteiger partial charge in [-0.3, -0.25) is 14.5 Å². The summed E-state index contributed by atoms with van der Waals surface area (Å²) in [6.07, 6.45) is 8.43. The predicted octanol–water partition coefficient (Wildman–Crippen LogP) is 4.02. The monoisotopic (exact) mass is 478 g/mol. The number of amides is 1. The quantitative estimate of drug-likeness (QED) is 0.554. The highest BCUT2D eigenvalue weighted by Crippen LogP contribution is 2.43. The van der Waals surface area contributed by atoms with Gasteiger partial charge in [0.25, 0.3) is 0 Å². The number of aryl methyl sites for hydroxylation is 2. The van der Waals surface area contributed by atoms with E-state index >= 15 is 0 Å². The summed E-state index contributed by atoms with van der Waals surface area (Å²) in [6, 6.07) is 4.67. The van der Waals surface area contributed by atoms with Gasteiger partial charge in [-0.1, -0.05) is 6.92 Å². The third-order valence-corrected chi connectivity index (χ3v) is 8.21. The zero-order chi connectivity index (χ0) is 23.8. The number of likely N-dealkylation sites (tertiary alicyclic amines) is 1. The van der Waals surface area contributed by atoms with Crippen molar-refractivity contribution >= 4 is 17.2 Å². The van der Waals surface area contributed by atoms with Crippen molar-refractivity contribution in [1.82, 2.24) is 29.5 Å². The fraction of sp³-hybridized carbons (Fsp3) is 0.538. The van der Waals surface area contributed by atoms with Gasteiger partial charge in [0.15, 0.2) is 0 Å². The number of fused-ring (bicyclic) bond motifs is 3. The highest BCUT2D eigenvalue weighted by molar-refractivity contribution is 7.15. The van der Waals surface area contributed by atoms with Gasteiger partial charge >= 0.3 is 0 Å². The Morgan fingerprint density at radius 3 is 2.68 bits per heavy atom. The van der Waals surface area contributed by atoms with Crippen LogP contribution in [-0.2, 0) is 30.5 Å². The van der Waals surface area contributed by atoms with Crippen LogP contribution in [0.25, 0.3) is 21.8 Å². The zero-order valence-electron chi connectivity index (χ0n) is 20.7. The predicted molar refractivity (Wildman–Crippen MR) is 136 cm³/mol. The molecule has 180 valence electrons. The third-order valence-electron chi connectivity index (χ3n) is 7.10. The number of nitrogens with zero attached hydrogens (tertiary/aromatic N) is 6. The lowest BCUT2D eigenvalue weighted by atomic mass is 10.0. The van der Waals surface area contributed by atoms with Crippen LogP contribution in [0.3, 0.4) is 0 Å². The lowest BCUT2D eigenvalue weighted by molar-refractivity contribution is -0.127. The molecule has 34 heavy (non-hydrogen) atoms. The summed E-state index contributed by atoms with van der Waals surface area (Å²) in [7, 11) is 5.80. The van der Waals surface area contributed by atoms with Crippen LogP contribution in [-0.4, -0.2) is 69.7 Å². The first-order chi connectivity index (χ1) is 16.4. The fourth-order valence-corrected chi connectivity index (χ4v) is 6.17. The number of rotatable bonds is 5. The second kappa shape index (κ2) is 9.58. The van der Waals surface area contributed by atoms with Crippen molar-refractivity contribution in [3.63, 3.8) is 0 Å². The largest absolute Gasteiger partial charge is 0.348 e. The van der Waals surface area contributed by atoms with Crippen LogP contribution in [0.15, 0.2) is 18.3 Å². The Morgan fingerprint density at radius 1 is 1.21 bits per heavy atom. The maximum Gasteiger partial charge on any atom is 0.228 e. The average molecular weight is 479 g/mol. The van der Waals surface area contributed by atoms with E-state index in [2.05, 4.69) is 40.7 Å². The molecule has 0 radical (unpaired) electrons. The summed E-state index contributed by atoms with van der Waals surface area (Å²) in [5.74, 6) is 0.0933. The summed E-state index contributed by atoms with van der Waals surface area (Å²) < 4.78 is 2.31. The van der Waals surface area contributed by atoms with Crippen LogP contribution in [0.1, 0.15) is 54.2 Å². The van der Waals surface area contributed by atoms with Gasteiger partial charge in [0.05, 0.1) is 34.4 Å². The van der Waals surface area contributed by atoms with Gasteiger partial charge in [-0.2, -0.15) is 5.10 Å². The number of piperidine rings is 1. The second-order valence-corrected chi connectivity index (χ2v) is 10.8. The van der Waals surface area contributed by atoms with E-state index in [4.69, 9.17) is 10.1 Å². The van der Waals surface area contributed by atoms with Gasteiger partial charge in [-0.05, 0) is 70.8 Å². The number of hydrogen-bond acceptors (Lipinski definition) is 6. The maximum atomic E-state index is 12.4. The Morgan fingerprint density at radius 2 is 2.00 bits per heavy atom. The Kier molecular flexibility index (Phi) is 6.53. The van der Waals surface area contributed by atoms with Crippen LogP contribution in [0.5, 0.6) is 0 Å². The second-order valence-electron chi connectivity index (χ2n) is 9.75. The average Bonchev–Trinajstić information content (AvgIpc) is 3.36. The molecule has 0 atom stereocenters. The molecule has 0 aromatic carbocycles. The number of carbonyl (C=O) groups is 1. The number of thiazole rings is 1. The minimum atomic E-state index is 0.0933. The smallest absolute Gasteiger partial charge is 0.228 e. The first-order valence-electron chi connectivity index (χ1n) is 12.4. The minimum absolute atomic E-state index is 0.0933. The van der Waals surface area contributed by atoms with Crippen molar-refractivity contribution in [2.24, 2.45) is 0 Å². The van der Waals surface area contributed by atoms with E-state index < -0.39 is 0 Å². The van der Waals surface area contributed by atoms with Crippen molar-refractivity contribution in [2.75, 3.05) is 34.2 Å². The summed E-state index contributed by atoms with van der Waals surface area (Å²) >= 11 is 1.68. The number of likely N-dealkylation sites (N-methyl/N-ethyl adjacent to an activating group) is 1. The highest BCUT2D eigenvalue weighted by Gasteiger charge is 2.31. The fourth-order valence-electron chi connectivity index (χ4n) is 5.01. The van der Waals surface area contributed by atoms with E-state index in [1.54, 1.807) is 30.3 Å². The highest BCUT2D eigenvalue weighted by atomic mass is 32.1. The standard InChI is InChI=1S/C26H34N6OS/c1-5-18-10-9-17(16-27-18)24-20-7-6-8-21-26(34-22(28-21)15-23(33)30(2)3)25(20)32(29-24)19-11-13-31(4)14-12-19/h9-10,16,19H,5-8,11-15H2,1-4H3. The van der Waals surface area contributed by atoms with Crippen LogP contribution < -0.4 is 0 Å². The maximum absolute atomic E-state index is 12.4. The summed E-state index contributed by atoms with van der Waals surface area (Å²) in [5.41, 5.74) is 6.94. The van der Waals surface area contributed by atoms with Gasteiger partial charge < -0.3 is 9.80 Å². The summed E-state index contributed by atoms with van der Waals surface area (Å²) in [4.78, 5) is 27.3. The number of carbonyl (C=O) groups excluding carboxylic acids is 1. The molecule has 3 aromatic heterocycles. The van der Waals surface area contributed by atoms with Crippen molar-refractivity contribution in [2.45, 2.75) is 57.9 Å². The van der Waals surface area contributed by atoms with Gasteiger partial charge in [0, 0.05) is 37.1 Å². The molecule has 7 nitrogen and oxygen atoms in total. The van der Waals surface area contributed by atoms with E-state index in [9.17, 15) is 4.79 Å². The Balaban J connectivity index is 1.62. The van der Waals surface area contributed by atoms with Crippen LogP contribution >= 0.6 is 11.3 Å². The molecule has 0 bridgehead atoms. The lowest BCUT2D eigenvalue weighted by Crippen LogP contribution is -2.32. The molecule has 0 saturated carbocycles. The molecule has 5 rings (SSSR count). The van der Waals surface area contributed by atoms with Crippen LogP contribution in [0.2, 0.25) is 0 Å². The molecule has 0 N–H and O–H groups in total. The van der Waals surface area contributed by atoms with Crippen molar-refractivity contribution < 1.29 is 4.79 Å². The molecule has 2 aliphatic rings. The summed E-state index contributed by atoms with van der Waals surface area (Å²) in [5, 5.41) is 6.17. The first kappa shape index (κ1) is 23.2. The third kappa shape index (κ3) is 4.41. The van der Waals surface area contributed by atoms with E-state index in [-0.39, 0.29) is 5.91 Å². The number of aromatic nitrogens is 4. The van der Waals surface area contributed by atoms with Crippen molar-refractivity contribution in [3.8, 4) is 21.8 Å². The van der Waals surface area contributed by atoms with Crippen LogP contribution in [0.4, 0.5) is 0 Å². The SMILES string of the molecule is CCc1ccc(-c2nn(C3CCN(C)CC3)c3c2CCCc2nc(CC(=O)N(C)C)sc2-3)cn1. The molecule has 1 fully saturated rings. The van der Waals surface area contributed by atoms with Gasteiger partial charge in [0.2, 0.25) is 5.91 Å². The number of pyridine rings is 1. The Bertz CT molecular complexity index is 1170. The molecular formula is C26H34N6OS. The van der Waals surface area contributed by atoms with Crippen molar-refractivity contribution in [1.29, 1.82) is 0 Å². The zero-order valence-corrected chi connectivity index (χ0v) is 21.5. The van der Waals surface area contributed by atoms with E-state index in [1.807, 2.05) is 6.20 Å². The molecule has 1 saturated heterocycles. The lowest BCUT2D eigenvalue weighted by Gasteiger charge is -2.30. The molecule has 1 aliphatic heterocycles. The van der Waals surface area contributed by atoms with Gasteiger partial charge in [-0.25, -0.2) is 4.98 Å². The molecule has 0 spiro atoms. The van der Waals surface area contributed by atoms with E-state index in [0.29, 0.717) is 12.5 Å². The topological polar surface area (TPSA) is 67.2 Å². The summed E-state index contributed by atoms with van der Waals surface area (Å²) in [6.45, 7) is 4.30. The van der Waals surface area contributed by atoms with E-state index in [1.165, 1.54) is 16.1 Å². The van der Waals surface area contributed by atoms with Crippen LogP contribution in [0, 0.1) is 0 Å². The van der Waals surface area contributed by atoms with Gasteiger partial charge in [0.1, 0.15) is 5.01 Å². The molecule has 1 aliphatic carbocycles. The Hall–Kier alpha value is -2.58. The molecule has 0 unspecified atom stereocenters. The van der Waals surface area contributed by atoms with Gasteiger partial charge in [-0.15, -0.1) is 11.3 Å². The molecular weight excluding hydrogens is 444 g/mol. The normalized spacial score (nSPS) is 16.7. The number of hydrogen-bond donors (Lipinski definition) is 0. The molecule has 1 amide bonds. The molecule has 8 heteroatoms. The molecule has 4 heterocycles. The molecule has 3 aromatic rings. The first-order valence-corrected chi connectivity index (χ1v) is 13.2.